The van der Waals surface area contributed by atoms with E-state index in [0.29, 0.717) is 5.13 Å². The molecule has 100 valence electrons. The Bertz CT molecular complexity index is 626. The van der Waals surface area contributed by atoms with Gasteiger partial charge in [0.2, 0.25) is 0 Å². The normalized spacial score (nSPS) is 10.3. The first-order chi connectivity index (χ1) is 9.01. The van der Waals surface area contributed by atoms with Gasteiger partial charge in [-0.15, -0.1) is 0 Å². The summed E-state index contributed by atoms with van der Waals surface area (Å²) in [5.74, 6) is -0.836. The first-order valence-corrected chi connectivity index (χ1v) is 6.34. The highest BCUT2D eigenvalue weighted by molar-refractivity contribution is 7.18. The maximum absolute atomic E-state index is 13.5. The van der Waals surface area contributed by atoms with E-state index in [2.05, 4.69) is 15.6 Å². The molecule has 1 heterocycles. The fraction of sp³-hybridized carbons (Fsp3) is 0.167. The molecule has 0 saturated carbocycles. The number of nitrogen functional groups attached to an aromatic ring is 1. The van der Waals surface area contributed by atoms with Crippen molar-refractivity contribution in [3.8, 4) is 0 Å². The van der Waals surface area contributed by atoms with Crippen molar-refractivity contribution in [3.63, 3.8) is 0 Å². The van der Waals surface area contributed by atoms with E-state index in [1.54, 1.807) is 19.2 Å². The highest BCUT2D eigenvalue weighted by Crippen LogP contribution is 2.26. The molecule has 0 unspecified atom stereocenters. The lowest BCUT2D eigenvalue weighted by atomic mass is 10.2. The van der Waals surface area contributed by atoms with Gasteiger partial charge in [-0.25, -0.2) is 9.37 Å². The number of nitrogens with zero attached hydrogens (tertiary/aromatic N) is 1. The number of amides is 1. The van der Waals surface area contributed by atoms with E-state index >= 15 is 0 Å². The van der Waals surface area contributed by atoms with Crippen molar-refractivity contribution in [1.29, 1.82) is 0 Å². The topological polar surface area (TPSA) is 80.0 Å². The van der Waals surface area contributed by atoms with Crippen LogP contribution in [-0.2, 0) is 0 Å². The average Bonchev–Trinajstić information content (AvgIpc) is 2.75. The van der Waals surface area contributed by atoms with Gasteiger partial charge in [0.1, 0.15) is 16.5 Å². The van der Waals surface area contributed by atoms with E-state index in [1.165, 1.54) is 6.07 Å². The molecule has 0 saturated heterocycles. The van der Waals surface area contributed by atoms with Gasteiger partial charge >= 0.3 is 0 Å². The van der Waals surface area contributed by atoms with Gasteiger partial charge in [-0.05, 0) is 24.6 Å². The predicted molar refractivity (Wildman–Crippen MR) is 75.2 cm³/mol. The number of carbonyl (C=O) groups is 1. The molecule has 1 aromatic heterocycles. The molecule has 5 nitrogen and oxygen atoms in total. The van der Waals surface area contributed by atoms with Crippen LogP contribution in [0.1, 0.15) is 15.2 Å². The van der Waals surface area contributed by atoms with Crippen LogP contribution in [0.3, 0.4) is 0 Å². The second-order valence-electron chi connectivity index (χ2n) is 3.92. The molecule has 0 aliphatic carbocycles. The van der Waals surface area contributed by atoms with E-state index < -0.39 is 11.7 Å². The SMILES string of the molecule is CNc1nc(N)c(C(=O)Nc2cc(C)ccc2F)s1. The highest BCUT2D eigenvalue weighted by Gasteiger charge is 2.17. The summed E-state index contributed by atoms with van der Waals surface area (Å²) in [4.78, 5) is 16.2. The molecule has 0 aliphatic rings. The number of hydrogen-bond acceptors (Lipinski definition) is 5. The second kappa shape index (κ2) is 5.23. The van der Waals surface area contributed by atoms with Gasteiger partial charge in [-0.2, -0.15) is 0 Å². The molecule has 19 heavy (non-hydrogen) atoms. The van der Waals surface area contributed by atoms with Crippen molar-refractivity contribution >= 4 is 33.9 Å². The van der Waals surface area contributed by atoms with Crippen LogP contribution in [0.25, 0.3) is 0 Å². The van der Waals surface area contributed by atoms with Crippen molar-refractivity contribution in [2.24, 2.45) is 0 Å². The van der Waals surface area contributed by atoms with Gasteiger partial charge < -0.3 is 16.4 Å². The summed E-state index contributed by atoms with van der Waals surface area (Å²) < 4.78 is 13.5. The number of rotatable bonds is 3. The first-order valence-electron chi connectivity index (χ1n) is 5.53. The van der Waals surface area contributed by atoms with E-state index in [0.717, 1.165) is 16.9 Å². The maximum Gasteiger partial charge on any atom is 0.269 e. The zero-order valence-corrected chi connectivity index (χ0v) is 11.3. The number of thiazole rings is 1. The van der Waals surface area contributed by atoms with Crippen LogP contribution in [0.2, 0.25) is 0 Å². The fourth-order valence-electron chi connectivity index (χ4n) is 1.52. The van der Waals surface area contributed by atoms with E-state index in [1.807, 2.05) is 6.92 Å². The smallest absolute Gasteiger partial charge is 0.269 e. The summed E-state index contributed by atoms with van der Waals surface area (Å²) in [7, 11) is 1.68. The van der Waals surface area contributed by atoms with Crippen molar-refractivity contribution in [3.05, 3.63) is 34.5 Å². The standard InChI is InChI=1S/C12H13FN4OS/c1-6-3-4-7(13)8(5-6)16-11(18)9-10(14)17-12(15-2)19-9/h3-5H,14H2,1-2H3,(H,15,17)(H,16,18). The molecule has 0 aliphatic heterocycles. The van der Waals surface area contributed by atoms with Gasteiger partial charge in [-0.1, -0.05) is 17.4 Å². The van der Waals surface area contributed by atoms with E-state index in [-0.39, 0.29) is 16.4 Å². The molecule has 4 N–H and O–H groups in total. The number of aromatic nitrogens is 1. The molecule has 2 rings (SSSR count). The van der Waals surface area contributed by atoms with Gasteiger partial charge in [0.25, 0.3) is 5.91 Å². The maximum atomic E-state index is 13.5. The minimum Gasteiger partial charge on any atom is -0.382 e. The lowest BCUT2D eigenvalue weighted by molar-refractivity contribution is 0.103. The summed E-state index contributed by atoms with van der Waals surface area (Å²) in [5.41, 5.74) is 6.62. The minimum absolute atomic E-state index is 0.125. The molecular weight excluding hydrogens is 267 g/mol. The number of nitrogens with one attached hydrogen (secondary N) is 2. The van der Waals surface area contributed by atoms with Gasteiger partial charge in [0.05, 0.1) is 5.69 Å². The number of hydrogen-bond donors (Lipinski definition) is 3. The Balaban J connectivity index is 2.25. The number of halogens is 1. The Morgan fingerprint density at radius 1 is 1.47 bits per heavy atom. The predicted octanol–water partition coefficient (Wildman–Crippen LogP) is 2.47. The van der Waals surface area contributed by atoms with Crippen LogP contribution in [0, 0.1) is 12.7 Å². The van der Waals surface area contributed by atoms with Crippen LogP contribution in [0.15, 0.2) is 18.2 Å². The number of carbonyl (C=O) groups excluding carboxylic acids is 1. The van der Waals surface area contributed by atoms with Crippen molar-refractivity contribution < 1.29 is 9.18 Å². The molecule has 0 fully saturated rings. The average molecular weight is 280 g/mol. The fourth-order valence-corrected chi connectivity index (χ4v) is 2.25. The Hall–Kier alpha value is -2.15. The number of benzene rings is 1. The molecule has 1 amide bonds. The number of anilines is 3. The monoisotopic (exact) mass is 280 g/mol. The van der Waals surface area contributed by atoms with Gasteiger partial charge in [-0.3, -0.25) is 4.79 Å². The quantitative estimate of drug-likeness (QED) is 0.807. The van der Waals surface area contributed by atoms with Crippen molar-refractivity contribution in [2.45, 2.75) is 6.92 Å². The van der Waals surface area contributed by atoms with Crippen LogP contribution in [0.5, 0.6) is 0 Å². The van der Waals surface area contributed by atoms with Gasteiger partial charge in [0.15, 0.2) is 5.13 Å². The van der Waals surface area contributed by atoms with Crippen molar-refractivity contribution in [1.82, 2.24) is 4.98 Å². The third-order valence-electron chi connectivity index (χ3n) is 2.44. The van der Waals surface area contributed by atoms with Crippen LogP contribution in [-0.4, -0.2) is 17.9 Å². The highest BCUT2D eigenvalue weighted by atomic mass is 32.1. The molecule has 0 radical (unpaired) electrons. The van der Waals surface area contributed by atoms with Crippen molar-refractivity contribution in [2.75, 3.05) is 23.4 Å². The summed E-state index contributed by atoms with van der Waals surface area (Å²) in [6.07, 6.45) is 0. The lowest BCUT2D eigenvalue weighted by Crippen LogP contribution is -2.13. The van der Waals surface area contributed by atoms with E-state index in [4.69, 9.17) is 5.73 Å². The lowest BCUT2D eigenvalue weighted by Gasteiger charge is -2.06. The Morgan fingerprint density at radius 3 is 2.84 bits per heavy atom. The van der Waals surface area contributed by atoms with E-state index in [9.17, 15) is 9.18 Å². The molecular formula is C12H13FN4OS. The minimum atomic E-state index is -0.490. The van der Waals surface area contributed by atoms with Crippen LogP contribution >= 0.6 is 11.3 Å². The zero-order valence-electron chi connectivity index (χ0n) is 10.5. The molecule has 0 atom stereocenters. The third kappa shape index (κ3) is 2.82. The molecule has 1 aromatic carbocycles. The summed E-state index contributed by atoms with van der Waals surface area (Å²) in [6.45, 7) is 1.81. The Kier molecular flexibility index (Phi) is 3.66. The van der Waals surface area contributed by atoms with Crippen LogP contribution in [0.4, 0.5) is 21.0 Å². The first kappa shape index (κ1) is 13.3. The third-order valence-corrected chi connectivity index (χ3v) is 3.53. The molecule has 0 bridgehead atoms. The second-order valence-corrected chi connectivity index (χ2v) is 4.92. The Morgan fingerprint density at radius 2 is 2.21 bits per heavy atom. The zero-order chi connectivity index (χ0) is 14.0. The number of nitrogens with two attached hydrogens (primary N) is 1. The largest absolute Gasteiger partial charge is 0.382 e. The number of aryl methyl sites for hydroxylation is 1. The summed E-state index contributed by atoms with van der Waals surface area (Å²) in [6, 6.07) is 4.49. The molecule has 2 aromatic rings. The summed E-state index contributed by atoms with van der Waals surface area (Å²) >= 11 is 1.12. The summed E-state index contributed by atoms with van der Waals surface area (Å²) in [5, 5.41) is 5.83. The molecule has 7 heteroatoms. The molecule has 0 spiro atoms. The van der Waals surface area contributed by atoms with Crippen LogP contribution < -0.4 is 16.4 Å². The Labute approximate surface area is 113 Å². The van der Waals surface area contributed by atoms with Gasteiger partial charge in [0, 0.05) is 7.05 Å².